The van der Waals surface area contributed by atoms with Crippen LogP contribution in [0.2, 0.25) is 0 Å². The summed E-state index contributed by atoms with van der Waals surface area (Å²) in [6.45, 7) is 9.10. The minimum atomic E-state index is -0.843. The van der Waals surface area contributed by atoms with Crippen LogP contribution < -0.4 is 0 Å². The standard InChI is InChI=1S/C16H21ClF2N2/c1-10(16(2,3)4)9-21-13(7-8-17)20-12-6-5-11(18)14(19)15(12)21/h5-6,10H,7-9H2,1-4H3. The molecule has 1 heterocycles. The van der Waals surface area contributed by atoms with Gasteiger partial charge in [-0.25, -0.2) is 13.8 Å². The Kier molecular flexibility index (Phi) is 4.57. The summed E-state index contributed by atoms with van der Waals surface area (Å²) < 4.78 is 29.5. The summed E-state index contributed by atoms with van der Waals surface area (Å²) in [5, 5.41) is 0. The lowest BCUT2D eigenvalue weighted by molar-refractivity contribution is 0.232. The number of hydrogen-bond donors (Lipinski definition) is 0. The van der Waals surface area contributed by atoms with Gasteiger partial charge in [0.25, 0.3) is 0 Å². The average molecular weight is 315 g/mol. The molecule has 0 saturated heterocycles. The molecule has 2 aromatic rings. The fourth-order valence-electron chi connectivity index (χ4n) is 2.22. The third-order valence-electron chi connectivity index (χ3n) is 4.13. The molecule has 1 aromatic carbocycles. The van der Waals surface area contributed by atoms with E-state index in [4.69, 9.17) is 11.6 Å². The number of imidazole rings is 1. The van der Waals surface area contributed by atoms with Crippen LogP contribution in [0.15, 0.2) is 12.1 Å². The molecule has 2 rings (SSSR count). The lowest BCUT2D eigenvalue weighted by atomic mass is 9.82. The minimum absolute atomic E-state index is 0.0681. The second kappa shape index (κ2) is 5.91. The van der Waals surface area contributed by atoms with Gasteiger partial charge in [0.05, 0.1) is 5.52 Å². The summed E-state index contributed by atoms with van der Waals surface area (Å²) >= 11 is 5.81. The van der Waals surface area contributed by atoms with Crippen LogP contribution in [0, 0.1) is 23.0 Å². The van der Waals surface area contributed by atoms with E-state index in [0.29, 0.717) is 30.2 Å². The summed E-state index contributed by atoms with van der Waals surface area (Å²) in [6.07, 6.45) is 0.536. The smallest absolute Gasteiger partial charge is 0.184 e. The van der Waals surface area contributed by atoms with Gasteiger partial charge in [0.1, 0.15) is 11.3 Å². The molecule has 0 fully saturated rings. The highest BCUT2D eigenvalue weighted by atomic mass is 35.5. The summed E-state index contributed by atoms with van der Waals surface area (Å²) in [5.41, 5.74) is 0.792. The molecule has 116 valence electrons. The number of nitrogens with zero attached hydrogens (tertiary/aromatic N) is 2. The Hall–Kier alpha value is -1.16. The fraction of sp³-hybridized carbons (Fsp3) is 0.562. The van der Waals surface area contributed by atoms with Gasteiger partial charge in [0, 0.05) is 18.8 Å². The molecule has 0 aliphatic heterocycles. The lowest BCUT2D eigenvalue weighted by Crippen LogP contribution is -2.23. The average Bonchev–Trinajstić information content (AvgIpc) is 2.72. The van der Waals surface area contributed by atoms with Crippen LogP contribution in [0.1, 0.15) is 33.5 Å². The Labute approximate surface area is 129 Å². The maximum Gasteiger partial charge on any atom is 0.184 e. The summed E-state index contributed by atoms with van der Waals surface area (Å²) in [4.78, 5) is 4.41. The minimum Gasteiger partial charge on any atom is -0.325 e. The van der Waals surface area contributed by atoms with Crippen LogP contribution in [-0.4, -0.2) is 15.4 Å². The highest BCUT2D eigenvalue weighted by Gasteiger charge is 2.24. The van der Waals surface area contributed by atoms with Crippen molar-refractivity contribution in [1.82, 2.24) is 9.55 Å². The zero-order chi connectivity index (χ0) is 15.8. The maximum absolute atomic E-state index is 14.2. The SMILES string of the molecule is CC(Cn1c(CCCl)nc2ccc(F)c(F)c21)C(C)(C)C. The zero-order valence-corrected chi connectivity index (χ0v) is 13.6. The third kappa shape index (κ3) is 3.20. The van der Waals surface area contributed by atoms with Gasteiger partial charge >= 0.3 is 0 Å². The van der Waals surface area contributed by atoms with Crippen LogP contribution in [-0.2, 0) is 13.0 Å². The van der Waals surface area contributed by atoms with E-state index in [9.17, 15) is 8.78 Å². The van der Waals surface area contributed by atoms with Gasteiger partial charge in [-0.15, -0.1) is 11.6 Å². The van der Waals surface area contributed by atoms with E-state index in [0.717, 1.165) is 6.07 Å². The second-order valence-electron chi connectivity index (χ2n) is 6.57. The molecule has 0 spiro atoms. The Morgan fingerprint density at radius 3 is 2.52 bits per heavy atom. The van der Waals surface area contributed by atoms with Crippen LogP contribution >= 0.6 is 11.6 Å². The Morgan fingerprint density at radius 1 is 1.29 bits per heavy atom. The number of halogens is 3. The molecule has 0 bridgehead atoms. The first-order valence-electron chi connectivity index (χ1n) is 7.14. The first kappa shape index (κ1) is 16.2. The third-order valence-corrected chi connectivity index (χ3v) is 4.32. The van der Waals surface area contributed by atoms with Gasteiger partial charge in [0.2, 0.25) is 0 Å². The summed E-state index contributed by atoms with van der Waals surface area (Å²) in [6, 6.07) is 2.64. The van der Waals surface area contributed by atoms with Crippen molar-refractivity contribution in [2.45, 2.75) is 40.7 Å². The quantitative estimate of drug-likeness (QED) is 0.743. The van der Waals surface area contributed by atoms with Crippen LogP contribution in [0.3, 0.4) is 0 Å². The van der Waals surface area contributed by atoms with Crippen LogP contribution in [0.4, 0.5) is 8.78 Å². The monoisotopic (exact) mass is 314 g/mol. The first-order chi connectivity index (χ1) is 9.75. The van der Waals surface area contributed by atoms with Gasteiger partial charge in [-0.3, -0.25) is 0 Å². The first-order valence-corrected chi connectivity index (χ1v) is 7.68. The second-order valence-corrected chi connectivity index (χ2v) is 6.95. The van der Waals surface area contributed by atoms with Crippen molar-refractivity contribution in [2.24, 2.45) is 11.3 Å². The molecule has 1 unspecified atom stereocenters. The van der Waals surface area contributed by atoms with Gasteiger partial charge in [-0.2, -0.15) is 0 Å². The molecule has 1 aromatic heterocycles. The summed E-state index contributed by atoms with van der Waals surface area (Å²) in [5.74, 6) is -0.282. The Balaban J connectivity index is 2.57. The van der Waals surface area contributed by atoms with Gasteiger partial charge in [0.15, 0.2) is 11.6 Å². The van der Waals surface area contributed by atoms with E-state index in [2.05, 4.69) is 32.7 Å². The van der Waals surface area contributed by atoms with E-state index in [1.54, 1.807) is 4.57 Å². The summed E-state index contributed by atoms with van der Waals surface area (Å²) in [7, 11) is 0. The number of aromatic nitrogens is 2. The molecule has 0 N–H and O–H groups in total. The van der Waals surface area contributed by atoms with Gasteiger partial charge in [-0.05, 0) is 23.5 Å². The molecule has 0 amide bonds. The molecule has 1 atom stereocenters. The molecular formula is C16H21ClF2N2. The molecule has 0 aliphatic rings. The van der Waals surface area contributed by atoms with Crippen LogP contribution in [0.5, 0.6) is 0 Å². The van der Waals surface area contributed by atoms with E-state index < -0.39 is 11.6 Å². The number of alkyl halides is 1. The predicted octanol–water partition coefficient (Wildman–Crippen LogP) is 4.78. The molecule has 5 heteroatoms. The topological polar surface area (TPSA) is 17.8 Å². The molecular weight excluding hydrogens is 294 g/mol. The largest absolute Gasteiger partial charge is 0.325 e. The highest BCUT2D eigenvalue weighted by molar-refractivity contribution is 6.17. The van der Waals surface area contributed by atoms with E-state index in [-0.39, 0.29) is 16.8 Å². The fourth-order valence-corrected chi connectivity index (χ4v) is 2.39. The number of fused-ring (bicyclic) bond motifs is 1. The molecule has 0 saturated carbocycles. The van der Waals surface area contributed by atoms with E-state index >= 15 is 0 Å². The van der Waals surface area contributed by atoms with Crippen molar-refractivity contribution in [2.75, 3.05) is 5.88 Å². The van der Waals surface area contributed by atoms with Gasteiger partial charge < -0.3 is 4.57 Å². The van der Waals surface area contributed by atoms with E-state index in [1.807, 2.05) is 0 Å². The van der Waals surface area contributed by atoms with Crippen molar-refractivity contribution in [3.8, 4) is 0 Å². The van der Waals surface area contributed by atoms with E-state index in [1.165, 1.54) is 6.07 Å². The van der Waals surface area contributed by atoms with Crippen LogP contribution in [0.25, 0.3) is 11.0 Å². The molecule has 0 aliphatic carbocycles. The normalized spacial score (nSPS) is 13.9. The predicted molar refractivity (Wildman–Crippen MR) is 82.7 cm³/mol. The Bertz CT molecular complexity index is 644. The number of rotatable bonds is 4. The number of aryl methyl sites for hydroxylation is 1. The van der Waals surface area contributed by atoms with Crippen molar-refractivity contribution >= 4 is 22.6 Å². The lowest BCUT2D eigenvalue weighted by Gasteiger charge is -2.28. The van der Waals surface area contributed by atoms with Crippen molar-refractivity contribution < 1.29 is 8.78 Å². The zero-order valence-electron chi connectivity index (χ0n) is 12.9. The number of hydrogen-bond acceptors (Lipinski definition) is 1. The maximum atomic E-state index is 14.2. The molecule has 0 radical (unpaired) electrons. The van der Waals surface area contributed by atoms with Crippen molar-refractivity contribution in [3.05, 3.63) is 29.6 Å². The molecule has 2 nitrogen and oxygen atoms in total. The van der Waals surface area contributed by atoms with Crippen molar-refractivity contribution in [1.29, 1.82) is 0 Å². The molecule has 21 heavy (non-hydrogen) atoms. The highest BCUT2D eigenvalue weighted by Crippen LogP contribution is 2.30. The van der Waals surface area contributed by atoms with Gasteiger partial charge in [-0.1, -0.05) is 27.7 Å². The number of benzene rings is 1. The van der Waals surface area contributed by atoms with Crippen molar-refractivity contribution in [3.63, 3.8) is 0 Å². The Morgan fingerprint density at radius 2 is 1.95 bits per heavy atom.